The molecule has 0 spiro atoms. The fourth-order valence-corrected chi connectivity index (χ4v) is 1.41. The third kappa shape index (κ3) is 3.10. The fraction of sp³-hybridized carbons (Fsp3) is 0.385. The van der Waals surface area contributed by atoms with Gasteiger partial charge in [0.2, 0.25) is 0 Å². The third-order valence-electron chi connectivity index (χ3n) is 2.37. The van der Waals surface area contributed by atoms with Gasteiger partial charge in [-0.25, -0.2) is 0 Å². The molecule has 1 aliphatic rings. The molecule has 1 atom stereocenters. The van der Waals surface area contributed by atoms with Crippen LogP contribution >= 0.6 is 0 Å². The molecule has 1 aromatic rings. The van der Waals surface area contributed by atoms with E-state index in [-0.39, 0.29) is 0 Å². The number of benzene rings is 1. The van der Waals surface area contributed by atoms with Crippen molar-refractivity contribution in [1.29, 1.82) is 0 Å². The van der Waals surface area contributed by atoms with Crippen LogP contribution in [-0.2, 0) is 11.2 Å². The van der Waals surface area contributed by atoms with Crippen LogP contribution in [-0.4, -0.2) is 19.3 Å². The molecule has 2 rings (SSSR count). The van der Waals surface area contributed by atoms with E-state index in [1.54, 1.807) is 0 Å². The molecular formula is C13H16O2. The third-order valence-corrected chi connectivity index (χ3v) is 2.37. The van der Waals surface area contributed by atoms with E-state index in [0.29, 0.717) is 12.7 Å². The predicted octanol–water partition coefficient (Wildman–Crippen LogP) is 2.58. The van der Waals surface area contributed by atoms with Crippen LogP contribution in [0.25, 0.3) is 0 Å². The molecule has 1 aromatic carbocycles. The van der Waals surface area contributed by atoms with Gasteiger partial charge in [-0.05, 0) is 25.0 Å². The summed E-state index contributed by atoms with van der Waals surface area (Å²) < 4.78 is 10.8. The highest BCUT2D eigenvalue weighted by atomic mass is 16.6. The number of para-hydroxylation sites is 1. The van der Waals surface area contributed by atoms with Gasteiger partial charge in [-0.2, -0.15) is 0 Å². The first-order valence-electron chi connectivity index (χ1n) is 5.33. The van der Waals surface area contributed by atoms with Crippen molar-refractivity contribution in [2.45, 2.75) is 19.4 Å². The Bertz CT molecular complexity index is 340. The maximum atomic E-state index is 5.70. The summed E-state index contributed by atoms with van der Waals surface area (Å²) in [6.07, 6.45) is 5.44. The minimum absolute atomic E-state index is 0.319. The number of epoxide rings is 1. The van der Waals surface area contributed by atoms with Gasteiger partial charge in [0, 0.05) is 0 Å². The first-order chi connectivity index (χ1) is 7.40. The van der Waals surface area contributed by atoms with Gasteiger partial charge in [0.1, 0.15) is 18.5 Å². The Morgan fingerprint density at radius 2 is 2.27 bits per heavy atom. The summed E-state index contributed by atoms with van der Waals surface area (Å²) in [5.74, 6) is 0.978. The number of rotatable bonds is 5. The zero-order chi connectivity index (χ0) is 10.5. The molecule has 0 saturated carbocycles. The first-order valence-corrected chi connectivity index (χ1v) is 5.33. The number of hydrogen-bond acceptors (Lipinski definition) is 2. The van der Waals surface area contributed by atoms with Gasteiger partial charge < -0.3 is 9.47 Å². The van der Waals surface area contributed by atoms with Crippen LogP contribution in [0.1, 0.15) is 12.5 Å². The largest absolute Gasteiger partial charge is 0.490 e. The minimum Gasteiger partial charge on any atom is -0.490 e. The quantitative estimate of drug-likeness (QED) is 0.543. The maximum absolute atomic E-state index is 5.70. The van der Waals surface area contributed by atoms with E-state index in [0.717, 1.165) is 18.8 Å². The minimum atomic E-state index is 0.319. The molecule has 1 aliphatic heterocycles. The Hall–Kier alpha value is -1.28. The molecular weight excluding hydrogens is 188 g/mol. The van der Waals surface area contributed by atoms with E-state index in [4.69, 9.17) is 9.47 Å². The second-order valence-electron chi connectivity index (χ2n) is 3.65. The molecule has 0 aromatic heterocycles. The van der Waals surface area contributed by atoms with Crippen molar-refractivity contribution in [3.05, 3.63) is 42.0 Å². The summed E-state index contributed by atoms with van der Waals surface area (Å²) in [6.45, 7) is 3.55. The first kappa shape index (κ1) is 10.2. The summed E-state index contributed by atoms with van der Waals surface area (Å²) in [6, 6.07) is 8.16. The van der Waals surface area contributed by atoms with Gasteiger partial charge in [-0.1, -0.05) is 30.4 Å². The highest BCUT2D eigenvalue weighted by Gasteiger charge is 2.23. The topological polar surface area (TPSA) is 21.8 Å². The Morgan fingerprint density at radius 3 is 3.00 bits per heavy atom. The van der Waals surface area contributed by atoms with Gasteiger partial charge in [0.25, 0.3) is 0 Å². The average Bonchev–Trinajstić information content (AvgIpc) is 3.08. The van der Waals surface area contributed by atoms with Crippen molar-refractivity contribution >= 4 is 0 Å². The average molecular weight is 204 g/mol. The summed E-state index contributed by atoms with van der Waals surface area (Å²) in [7, 11) is 0. The summed E-state index contributed by atoms with van der Waals surface area (Å²) >= 11 is 0. The van der Waals surface area contributed by atoms with Crippen molar-refractivity contribution < 1.29 is 9.47 Å². The molecule has 0 radical (unpaired) electrons. The van der Waals surface area contributed by atoms with Gasteiger partial charge in [0.05, 0.1) is 6.61 Å². The Labute approximate surface area is 90.5 Å². The lowest BCUT2D eigenvalue weighted by Gasteiger charge is -2.08. The zero-order valence-corrected chi connectivity index (χ0v) is 8.98. The lowest BCUT2D eigenvalue weighted by Crippen LogP contribution is -2.05. The van der Waals surface area contributed by atoms with E-state index in [1.165, 1.54) is 5.56 Å². The van der Waals surface area contributed by atoms with Crippen molar-refractivity contribution in [1.82, 2.24) is 0 Å². The highest BCUT2D eigenvalue weighted by molar-refractivity contribution is 5.34. The molecule has 0 N–H and O–H groups in total. The van der Waals surface area contributed by atoms with Crippen LogP contribution in [0, 0.1) is 0 Å². The lowest BCUT2D eigenvalue weighted by atomic mass is 10.1. The van der Waals surface area contributed by atoms with Crippen LogP contribution in [0.15, 0.2) is 36.4 Å². The molecule has 2 nitrogen and oxygen atoms in total. The SMILES string of the molecule is C/C=C/Cc1ccccc1OCC1CO1. The number of allylic oxidation sites excluding steroid dienone is 2. The van der Waals surface area contributed by atoms with E-state index < -0.39 is 0 Å². The Morgan fingerprint density at radius 1 is 1.47 bits per heavy atom. The lowest BCUT2D eigenvalue weighted by molar-refractivity contribution is 0.261. The molecule has 80 valence electrons. The van der Waals surface area contributed by atoms with Crippen molar-refractivity contribution in [3.63, 3.8) is 0 Å². The molecule has 0 bridgehead atoms. The van der Waals surface area contributed by atoms with Crippen LogP contribution in [0.4, 0.5) is 0 Å². The molecule has 1 unspecified atom stereocenters. The van der Waals surface area contributed by atoms with Crippen LogP contribution in [0.3, 0.4) is 0 Å². The molecule has 1 fully saturated rings. The van der Waals surface area contributed by atoms with Crippen molar-refractivity contribution in [3.8, 4) is 5.75 Å². The second kappa shape index (κ2) is 4.99. The molecule has 15 heavy (non-hydrogen) atoms. The smallest absolute Gasteiger partial charge is 0.122 e. The number of ether oxygens (including phenoxy) is 2. The van der Waals surface area contributed by atoms with E-state index in [1.807, 2.05) is 25.1 Å². The van der Waals surface area contributed by atoms with E-state index >= 15 is 0 Å². The second-order valence-corrected chi connectivity index (χ2v) is 3.65. The van der Waals surface area contributed by atoms with E-state index in [2.05, 4.69) is 18.2 Å². The molecule has 1 heterocycles. The van der Waals surface area contributed by atoms with Crippen LogP contribution in [0.5, 0.6) is 5.75 Å². The Kier molecular flexibility index (Phi) is 3.41. The normalized spacial score (nSPS) is 19.4. The van der Waals surface area contributed by atoms with Gasteiger partial charge in [-0.15, -0.1) is 0 Å². The monoisotopic (exact) mass is 204 g/mol. The molecule has 2 heteroatoms. The van der Waals surface area contributed by atoms with Gasteiger partial charge in [-0.3, -0.25) is 0 Å². The molecule has 0 aliphatic carbocycles. The van der Waals surface area contributed by atoms with Crippen LogP contribution < -0.4 is 4.74 Å². The zero-order valence-electron chi connectivity index (χ0n) is 8.98. The van der Waals surface area contributed by atoms with E-state index in [9.17, 15) is 0 Å². The van der Waals surface area contributed by atoms with Crippen molar-refractivity contribution in [2.24, 2.45) is 0 Å². The fourth-order valence-electron chi connectivity index (χ4n) is 1.41. The van der Waals surface area contributed by atoms with Crippen molar-refractivity contribution in [2.75, 3.05) is 13.2 Å². The van der Waals surface area contributed by atoms with Gasteiger partial charge >= 0.3 is 0 Å². The van der Waals surface area contributed by atoms with Crippen LogP contribution in [0.2, 0.25) is 0 Å². The maximum Gasteiger partial charge on any atom is 0.122 e. The molecule has 1 saturated heterocycles. The predicted molar refractivity (Wildman–Crippen MR) is 60.2 cm³/mol. The number of hydrogen-bond donors (Lipinski definition) is 0. The highest BCUT2D eigenvalue weighted by Crippen LogP contribution is 2.20. The standard InChI is InChI=1S/C13H16O2/c1-2-3-6-11-7-4-5-8-13(11)15-10-12-9-14-12/h2-5,7-8,12H,6,9-10H2,1H3/b3-2+. The Balaban J connectivity index is 1.99. The summed E-state index contributed by atoms with van der Waals surface area (Å²) in [4.78, 5) is 0. The van der Waals surface area contributed by atoms with Gasteiger partial charge in [0.15, 0.2) is 0 Å². The summed E-state index contributed by atoms with van der Waals surface area (Å²) in [5.41, 5.74) is 1.23. The molecule has 0 amide bonds. The summed E-state index contributed by atoms with van der Waals surface area (Å²) in [5, 5.41) is 0.